The van der Waals surface area contributed by atoms with Gasteiger partial charge in [-0.3, -0.25) is 9.69 Å². The molecule has 1 N–H and O–H groups in total. The summed E-state index contributed by atoms with van der Waals surface area (Å²) in [5.41, 5.74) is 4.59. The van der Waals surface area contributed by atoms with Crippen molar-refractivity contribution in [2.24, 2.45) is 0 Å². The number of pyridine rings is 1. The fourth-order valence-corrected chi connectivity index (χ4v) is 6.00. The highest BCUT2D eigenvalue weighted by Crippen LogP contribution is 2.31. The Morgan fingerprint density at radius 2 is 1.66 bits per heavy atom. The SMILES string of the molecule is COc1ccc(CCN(Cc2ccccc2F)[C@H](c2cc3cccc(C)c3[nH]c2=O)c2nnnn2CCc2ccccc2)cc1OC. The summed E-state index contributed by atoms with van der Waals surface area (Å²) in [6.45, 7) is 3.12. The zero-order chi connectivity index (χ0) is 32.8. The summed E-state index contributed by atoms with van der Waals surface area (Å²) >= 11 is 0. The Hall–Kier alpha value is -5.35. The molecule has 0 bridgehead atoms. The number of tetrazole rings is 1. The fraction of sp³-hybridized carbons (Fsp3) is 0.243. The highest BCUT2D eigenvalue weighted by atomic mass is 19.1. The average molecular weight is 633 g/mol. The molecule has 9 nitrogen and oxygen atoms in total. The molecule has 0 aliphatic carbocycles. The summed E-state index contributed by atoms with van der Waals surface area (Å²) < 4.78 is 28.0. The van der Waals surface area contributed by atoms with Crippen molar-refractivity contribution in [2.75, 3.05) is 20.8 Å². The number of H-pyrrole nitrogens is 1. The number of hydrogen-bond acceptors (Lipinski definition) is 7. The third-order valence-electron chi connectivity index (χ3n) is 8.50. The molecular weight excluding hydrogens is 595 g/mol. The first-order valence-corrected chi connectivity index (χ1v) is 15.6. The van der Waals surface area contributed by atoms with Crippen molar-refractivity contribution in [1.82, 2.24) is 30.1 Å². The maximum absolute atomic E-state index is 15.3. The summed E-state index contributed by atoms with van der Waals surface area (Å²) in [7, 11) is 3.20. The molecule has 0 saturated carbocycles. The Balaban J connectivity index is 1.46. The molecule has 0 amide bonds. The van der Waals surface area contributed by atoms with Gasteiger partial charge in [-0.25, -0.2) is 9.07 Å². The van der Waals surface area contributed by atoms with Crippen molar-refractivity contribution < 1.29 is 13.9 Å². The Morgan fingerprint density at radius 3 is 2.45 bits per heavy atom. The lowest BCUT2D eigenvalue weighted by Gasteiger charge is -2.31. The molecular formula is C37H37FN6O3. The Labute approximate surface area is 272 Å². The smallest absolute Gasteiger partial charge is 0.253 e. The molecule has 6 aromatic rings. The molecule has 0 radical (unpaired) electrons. The predicted molar refractivity (Wildman–Crippen MR) is 179 cm³/mol. The number of nitrogens with one attached hydrogen (secondary N) is 1. The largest absolute Gasteiger partial charge is 0.493 e. The first-order chi connectivity index (χ1) is 22.9. The van der Waals surface area contributed by atoms with Crippen molar-refractivity contribution in [1.29, 1.82) is 0 Å². The molecule has 6 rings (SSSR count). The summed E-state index contributed by atoms with van der Waals surface area (Å²) in [5.74, 6) is 1.43. The van der Waals surface area contributed by atoms with Crippen LogP contribution < -0.4 is 15.0 Å². The molecule has 4 aromatic carbocycles. The van der Waals surface area contributed by atoms with Gasteiger partial charge in [-0.2, -0.15) is 0 Å². The normalized spacial score (nSPS) is 12.0. The highest BCUT2D eigenvalue weighted by molar-refractivity contribution is 5.82. The van der Waals surface area contributed by atoms with Crippen LogP contribution in [0.15, 0.2) is 102 Å². The lowest BCUT2D eigenvalue weighted by Crippen LogP contribution is -2.36. The van der Waals surface area contributed by atoms with Gasteiger partial charge in [-0.15, -0.1) is 5.10 Å². The van der Waals surface area contributed by atoms with Gasteiger partial charge in [0.1, 0.15) is 11.9 Å². The van der Waals surface area contributed by atoms with E-state index in [1.54, 1.807) is 31.0 Å². The van der Waals surface area contributed by atoms with Crippen molar-refractivity contribution in [2.45, 2.75) is 38.9 Å². The van der Waals surface area contributed by atoms with Crippen molar-refractivity contribution >= 4 is 10.9 Å². The van der Waals surface area contributed by atoms with Crippen LogP contribution in [0.25, 0.3) is 10.9 Å². The quantitative estimate of drug-likeness (QED) is 0.165. The number of aromatic nitrogens is 5. The molecule has 1 atom stereocenters. The van der Waals surface area contributed by atoms with Gasteiger partial charge < -0.3 is 14.5 Å². The topological polar surface area (TPSA) is 98.2 Å². The van der Waals surface area contributed by atoms with Gasteiger partial charge in [-0.05, 0) is 76.5 Å². The molecule has 2 heterocycles. The van der Waals surface area contributed by atoms with Gasteiger partial charge >= 0.3 is 0 Å². The summed E-state index contributed by atoms with van der Waals surface area (Å²) in [6.07, 6.45) is 1.26. The molecule has 0 unspecified atom stereocenters. The van der Waals surface area contributed by atoms with Crippen LogP contribution in [0.3, 0.4) is 0 Å². The second-order valence-electron chi connectivity index (χ2n) is 11.5. The van der Waals surface area contributed by atoms with Crippen LogP contribution in [0.2, 0.25) is 0 Å². The molecule has 47 heavy (non-hydrogen) atoms. The van der Waals surface area contributed by atoms with Crippen molar-refractivity contribution in [3.05, 3.63) is 147 Å². The van der Waals surface area contributed by atoms with Crippen LogP contribution in [-0.2, 0) is 25.9 Å². The second-order valence-corrected chi connectivity index (χ2v) is 11.5. The van der Waals surface area contributed by atoms with E-state index in [-0.39, 0.29) is 17.9 Å². The van der Waals surface area contributed by atoms with E-state index in [0.717, 1.165) is 27.6 Å². The lowest BCUT2D eigenvalue weighted by molar-refractivity contribution is 0.202. The van der Waals surface area contributed by atoms with E-state index < -0.39 is 6.04 Å². The first kappa shape index (κ1) is 31.6. The minimum Gasteiger partial charge on any atom is -0.493 e. The first-order valence-electron chi connectivity index (χ1n) is 15.6. The number of nitrogens with zero attached hydrogens (tertiary/aromatic N) is 5. The lowest BCUT2D eigenvalue weighted by atomic mass is 10.00. The van der Waals surface area contributed by atoms with Crippen LogP contribution >= 0.6 is 0 Å². The van der Waals surface area contributed by atoms with Gasteiger partial charge in [0, 0.05) is 30.8 Å². The Morgan fingerprint density at radius 1 is 0.872 bits per heavy atom. The molecule has 0 aliphatic heterocycles. The molecule has 2 aromatic heterocycles. The number of hydrogen-bond donors (Lipinski definition) is 1. The van der Waals surface area contributed by atoms with Gasteiger partial charge in [-0.1, -0.05) is 72.8 Å². The third kappa shape index (κ3) is 7.07. The Bertz CT molecular complexity index is 2030. The maximum atomic E-state index is 15.3. The number of benzene rings is 4. The number of methoxy groups -OCH3 is 2. The van der Waals surface area contributed by atoms with E-state index in [9.17, 15) is 4.79 Å². The number of para-hydroxylation sites is 1. The van der Waals surface area contributed by atoms with E-state index in [2.05, 4.69) is 37.5 Å². The number of aryl methyl sites for hydroxylation is 3. The van der Waals surface area contributed by atoms with E-state index in [1.165, 1.54) is 6.07 Å². The van der Waals surface area contributed by atoms with Crippen LogP contribution in [-0.4, -0.2) is 50.9 Å². The minimum atomic E-state index is -0.700. The van der Waals surface area contributed by atoms with Crippen molar-refractivity contribution in [3.8, 4) is 11.5 Å². The molecule has 0 spiro atoms. The number of fused-ring (bicyclic) bond motifs is 1. The summed E-state index contributed by atoms with van der Waals surface area (Å²) in [6, 6.07) is 29.7. The van der Waals surface area contributed by atoms with Crippen LogP contribution in [0, 0.1) is 12.7 Å². The highest BCUT2D eigenvalue weighted by Gasteiger charge is 2.31. The van der Waals surface area contributed by atoms with Crippen LogP contribution in [0.1, 0.15) is 39.7 Å². The molecule has 0 fully saturated rings. The predicted octanol–water partition coefficient (Wildman–Crippen LogP) is 6.06. The fourth-order valence-electron chi connectivity index (χ4n) is 6.00. The monoisotopic (exact) mass is 632 g/mol. The average Bonchev–Trinajstić information content (AvgIpc) is 3.56. The van der Waals surface area contributed by atoms with E-state index >= 15 is 4.39 Å². The van der Waals surface area contributed by atoms with Crippen LogP contribution in [0.4, 0.5) is 4.39 Å². The van der Waals surface area contributed by atoms with E-state index in [4.69, 9.17) is 9.47 Å². The third-order valence-corrected chi connectivity index (χ3v) is 8.50. The molecule has 0 aliphatic rings. The Kier molecular flexibility index (Phi) is 9.68. The molecule has 10 heteroatoms. The van der Waals surface area contributed by atoms with Gasteiger partial charge in [0.15, 0.2) is 17.3 Å². The number of halogens is 1. The molecule has 0 saturated heterocycles. The zero-order valence-corrected chi connectivity index (χ0v) is 26.7. The van der Waals surface area contributed by atoms with Gasteiger partial charge in [0.25, 0.3) is 5.56 Å². The minimum absolute atomic E-state index is 0.210. The van der Waals surface area contributed by atoms with E-state index in [1.807, 2.05) is 73.7 Å². The standard InChI is InChI=1S/C37H37FN6O3/c1-25-10-9-14-28-23-30(37(45)39-34(25)28)35(36-40-41-42-44(36)21-19-26-11-5-4-6-12-26)43(24-29-13-7-8-15-31(29)38)20-18-27-16-17-32(46-2)33(22-27)47-3/h4-17,22-23,35H,18-21,24H2,1-3H3,(H,39,45)/t35-/m1/s1. The number of aromatic amines is 1. The van der Waals surface area contributed by atoms with Crippen molar-refractivity contribution in [3.63, 3.8) is 0 Å². The maximum Gasteiger partial charge on any atom is 0.253 e. The van der Waals surface area contributed by atoms with E-state index in [0.29, 0.717) is 54.4 Å². The summed E-state index contributed by atoms with van der Waals surface area (Å²) in [5, 5.41) is 13.8. The number of rotatable bonds is 13. The second kappa shape index (κ2) is 14.4. The molecule has 240 valence electrons. The summed E-state index contributed by atoms with van der Waals surface area (Å²) in [4.78, 5) is 19.2. The van der Waals surface area contributed by atoms with Crippen LogP contribution in [0.5, 0.6) is 11.5 Å². The number of ether oxygens (including phenoxy) is 2. The zero-order valence-electron chi connectivity index (χ0n) is 26.7. The van der Waals surface area contributed by atoms with Gasteiger partial charge in [0.05, 0.1) is 19.7 Å². The van der Waals surface area contributed by atoms with Gasteiger partial charge in [0.2, 0.25) is 0 Å².